The van der Waals surface area contributed by atoms with Crippen molar-refractivity contribution in [1.82, 2.24) is 0 Å². The summed E-state index contributed by atoms with van der Waals surface area (Å²) in [7, 11) is 0. The van der Waals surface area contributed by atoms with Crippen molar-refractivity contribution < 1.29 is 0 Å². The fraction of sp³-hybridized carbons (Fsp3) is 0.0500. The molecule has 0 spiro atoms. The van der Waals surface area contributed by atoms with E-state index in [1.165, 1.54) is 33.7 Å². The number of benzene rings is 3. The van der Waals surface area contributed by atoms with E-state index in [1.54, 1.807) is 0 Å². The lowest BCUT2D eigenvalue weighted by atomic mass is 9.75. The Morgan fingerprint density at radius 1 is 0.500 bits per heavy atom. The van der Waals surface area contributed by atoms with Crippen molar-refractivity contribution in [2.45, 2.75) is 6.42 Å². The van der Waals surface area contributed by atoms with E-state index in [2.05, 4.69) is 78.9 Å². The SMILES string of the molecule is c1ccc([C]2c3ccccc3Cc3ccccc32)cc1. The second kappa shape index (κ2) is 4.64. The zero-order valence-electron chi connectivity index (χ0n) is 11.2. The van der Waals surface area contributed by atoms with Gasteiger partial charge in [-0.15, -0.1) is 0 Å². The molecule has 0 heteroatoms. The van der Waals surface area contributed by atoms with Gasteiger partial charge in [0.1, 0.15) is 0 Å². The first-order valence-corrected chi connectivity index (χ1v) is 7.02. The fourth-order valence-electron chi connectivity index (χ4n) is 3.10. The first-order chi connectivity index (χ1) is 9.93. The molecule has 95 valence electrons. The minimum absolute atomic E-state index is 1.03. The standard InChI is InChI=1S/C20H15/c1-2-8-15(9-3-1)20-18-12-6-4-10-16(18)14-17-11-5-7-13-19(17)20/h1-13H,14H2. The van der Waals surface area contributed by atoms with Crippen LogP contribution >= 0.6 is 0 Å². The quantitative estimate of drug-likeness (QED) is 0.466. The highest BCUT2D eigenvalue weighted by atomic mass is 14.3. The average molecular weight is 255 g/mol. The molecule has 0 heterocycles. The lowest BCUT2D eigenvalue weighted by molar-refractivity contribution is 1.04. The van der Waals surface area contributed by atoms with Crippen molar-refractivity contribution in [3.8, 4) is 0 Å². The van der Waals surface area contributed by atoms with E-state index >= 15 is 0 Å². The van der Waals surface area contributed by atoms with Gasteiger partial charge in [-0.1, -0.05) is 78.9 Å². The third kappa shape index (κ3) is 1.77. The van der Waals surface area contributed by atoms with Crippen LogP contribution in [0, 0.1) is 5.92 Å². The molecule has 0 atom stereocenters. The number of hydrogen-bond acceptors (Lipinski definition) is 0. The highest BCUT2D eigenvalue weighted by Crippen LogP contribution is 2.39. The van der Waals surface area contributed by atoms with Crippen molar-refractivity contribution >= 4 is 0 Å². The normalized spacial score (nSPS) is 13.6. The second-order valence-electron chi connectivity index (χ2n) is 5.23. The number of fused-ring (bicyclic) bond motifs is 2. The van der Waals surface area contributed by atoms with Crippen LogP contribution in [0.25, 0.3) is 0 Å². The van der Waals surface area contributed by atoms with Crippen molar-refractivity contribution in [3.63, 3.8) is 0 Å². The summed E-state index contributed by atoms with van der Waals surface area (Å²) in [6, 6.07) is 28.2. The van der Waals surface area contributed by atoms with Gasteiger partial charge in [-0.25, -0.2) is 0 Å². The molecule has 0 bridgehead atoms. The van der Waals surface area contributed by atoms with Crippen LogP contribution in [0.1, 0.15) is 27.8 Å². The van der Waals surface area contributed by atoms with E-state index in [4.69, 9.17) is 0 Å². The molecule has 4 rings (SSSR count). The van der Waals surface area contributed by atoms with E-state index in [-0.39, 0.29) is 0 Å². The maximum absolute atomic E-state index is 2.24. The monoisotopic (exact) mass is 255 g/mol. The lowest BCUT2D eigenvalue weighted by Gasteiger charge is -2.28. The van der Waals surface area contributed by atoms with Crippen LogP contribution in [-0.4, -0.2) is 0 Å². The Labute approximate surface area is 119 Å². The molecule has 0 aliphatic heterocycles. The Bertz CT molecular complexity index is 695. The van der Waals surface area contributed by atoms with Gasteiger partial charge in [0.2, 0.25) is 0 Å². The molecule has 3 aromatic rings. The van der Waals surface area contributed by atoms with E-state index in [9.17, 15) is 0 Å². The average Bonchev–Trinajstić information content (AvgIpc) is 2.53. The first-order valence-electron chi connectivity index (χ1n) is 7.02. The van der Waals surface area contributed by atoms with Crippen LogP contribution < -0.4 is 0 Å². The highest BCUT2D eigenvalue weighted by molar-refractivity contribution is 5.65. The van der Waals surface area contributed by atoms with E-state index < -0.39 is 0 Å². The second-order valence-corrected chi connectivity index (χ2v) is 5.23. The molecule has 1 radical (unpaired) electrons. The maximum Gasteiger partial charge on any atom is 0.0635 e. The molecule has 0 saturated heterocycles. The van der Waals surface area contributed by atoms with Crippen molar-refractivity contribution in [2.75, 3.05) is 0 Å². The summed E-state index contributed by atoms with van der Waals surface area (Å²) in [5.41, 5.74) is 6.89. The fourth-order valence-corrected chi connectivity index (χ4v) is 3.10. The molecule has 1 aliphatic carbocycles. The van der Waals surface area contributed by atoms with Crippen molar-refractivity contribution in [3.05, 3.63) is 113 Å². The summed E-state index contributed by atoms with van der Waals surface area (Å²) in [6.45, 7) is 0. The summed E-state index contributed by atoms with van der Waals surface area (Å²) in [4.78, 5) is 0. The predicted molar refractivity (Wildman–Crippen MR) is 82.7 cm³/mol. The summed E-state index contributed by atoms with van der Waals surface area (Å²) < 4.78 is 0. The molecule has 0 fully saturated rings. The highest BCUT2D eigenvalue weighted by Gasteiger charge is 2.26. The Balaban J connectivity index is 1.98. The topological polar surface area (TPSA) is 0 Å². The van der Waals surface area contributed by atoms with Gasteiger partial charge in [0.25, 0.3) is 0 Å². The minimum atomic E-state index is 1.03. The molecule has 1 aliphatic rings. The van der Waals surface area contributed by atoms with Crippen LogP contribution in [0.4, 0.5) is 0 Å². The van der Waals surface area contributed by atoms with E-state index in [0.29, 0.717) is 0 Å². The molecule has 0 N–H and O–H groups in total. The Kier molecular flexibility index (Phi) is 2.67. The van der Waals surface area contributed by atoms with Crippen LogP contribution in [-0.2, 0) is 6.42 Å². The Morgan fingerprint density at radius 2 is 1.00 bits per heavy atom. The Morgan fingerprint density at radius 3 is 1.60 bits per heavy atom. The summed E-state index contributed by atoms with van der Waals surface area (Å²) in [5, 5.41) is 0. The lowest BCUT2D eigenvalue weighted by Crippen LogP contribution is -2.15. The number of hydrogen-bond donors (Lipinski definition) is 0. The smallest absolute Gasteiger partial charge is 0.0622 e. The predicted octanol–water partition coefficient (Wildman–Crippen LogP) is 4.61. The van der Waals surface area contributed by atoms with Gasteiger partial charge in [-0.3, -0.25) is 0 Å². The third-order valence-electron chi connectivity index (χ3n) is 4.02. The third-order valence-corrected chi connectivity index (χ3v) is 4.02. The zero-order valence-corrected chi connectivity index (χ0v) is 11.2. The van der Waals surface area contributed by atoms with Gasteiger partial charge in [-0.05, 0) is 34.2 Å². The molecule has 3 aromatic carbocycles. The minimum Gasteiger partial charge on any atom is -0.0622 e. The molecular formula is C20H15. The van der Waals surface area contributed by atoms with Gasteiger partial charge in [-0.2, -0.15) is 0 Å². The summed E-state index contributed by atoms with van der Waals surface area (Å²) >= 11 is 0. The van der Waals surface area contributed by atoms with E-state index in [0.717, 1.165) is 6.42 Å². The van der Waals surface area contributed by atoms with Crippen LogP contribution in [0.15, 0.2) is 78.9 Å². The molecule has 0 nitrogen and oxygen atoms in total. The Hall–Kier alpha value is -2.34. The van der Waals surface area contributed by atoms with Crippen LogP contribution in [0.2, 0.25) is 0 Å². The van der Waals surface area contributed by atoms with Crippen molar-refractivity contribution in [2.24, 2.45) is 0 Å². The molecule has 0 unspecified atom stereocenters. The van der Waals surface area contributed by atoms with Gasteiger partial charge < -0.3 is 0 Å². The molecule has 0 amide bonds. The molecule has 0 saturated carbocycles. The van der Waals surface area contributed by atoms with Crippen molar-refractivity contribution in [1.29, 1.82) is 0 Å². The van der Waals surface area contributed by atoms with Gasteiger partial charge >= 0.3 is 0 Å². The maximum atomic E-state index is 2.24. The summed E-state index contributed by atoms with van der Waals surface area (Å²) in [6.07, 6.45) is 1.03. The summed E-state index contributed by atoms with van der Waals surface area (Å²) in [5.74, 6) is 1.36. The number of rotatable bonds is 1. The molecule has 0 aromatic heterocycles. The molecular weight excluding hydrogens is 240 g/mol. The van der Waals surface area contributed by atoms with E-state index in [1.807, 2.05) is 0 Å². The van der Waals surface area contributed by atoms with Gasteiger partial charge in [0.05, 0.1) is 5.92 Å². The largest absolute Gasteiger partial charge is 0.0635 e. The van der Waals surface area contributed by atoms with Crippen LogP contribution in [0.3, 0.4) is 0 Å². The zero-order chi connectivity index (χ0) is 13.4. The first kappa shape index (κ1) is 11.5. The molecule has 20 heavy (non-hydrogen) atoms. The van der Waals surface area contributed by atoms with Gasteiger partial charge in [0.15, 0.2) is 0 Å². The van der Waals surface area contributed by atoms with Crippen LogP contribution in [0.5, 0.6) is 0 Å². The van der Waals surface area contributed by atoms with Gasteiger partial charge in [0, 0.05) is 0 Å².